The first-order valence-electron chi connectivity index (χ1n) is 8.12. The van der Waals surface area contributed by atoms with Gasteiger partial charge >= 0.3 is 0 Å². The molecule has 7 nitrogen and oxygen atoms in total. The van der Waals surface area contributed by atoms with Crippen LogP contribution >= 0.6 is 0 Å². The standard InChI is InChI=1S/C19H17N5O2/c1-23-9-8-14-10-15(6-7-16(14)23)22-19(25)11-26-18-5-3-2-4-17(18)24-12-20-21-13-24/h2-10,12-13H,11H2,1H3,(H,22,25). The molecular formula is C19H17N5O2. The van der Waals surface area contributed by atoms with Crippen LogP contribution in [0.4, 0.5) is 5.69 Å². The number of carbonyl (C=O) groups excluding carboxylic acids is 1. The predicted octanol–water partition coefficient (Wildman–Crippen LogP) is 2.78. The molecule has 2 aromatic heterocycles. The minimum absolute atomic E-state index is 0.0913. The molecule has 26 heavy (non-hydrogen) atoms. The lowest BCUT2D eigenvalue weighted by molar-refractivity contribution is -0.118. The summed E-state index contributed by atoms with van der Waals surface area (Å²) >= 11 is 0. The van der Waals surface area contributed by atoms with E-state index in [9.17, 15) is 4.79 Å². The van der Waals surface area contributed by atoms with E-state index in [1.807, 2.05) is 60.3 Å². The third-order valence-corrected chi connectivity index (χ3v) is 4.09. The van der Waals surface area contributed by atoms with Crippen molar-refractivity contribution in [1.82, 2.24) is 19.3 Å². The van der Waals surface area contributed by atoms with Crippen LogP contribution in [-0.4, -0.2) is 31.8 Å². The number of anilines is 1. The minimum atomic E-state index is -0.223. The zero-order valence-electron chi connectivity index (χ0n) is 14.2. The Hall–Kier alpha value is -3.61. The van der Waals surface area contributed by atoms with Crippen LogP contribution in [0.25, 0.3) is 16.6 Å². The molecule has 0 atom stereocenters. The Labute approximate surface area is 149 Å². The highest BCUT2D eigenvalue weighted by atomic mass is 16.5. The van der Waals surface area contributed by atoms with Crippen LogP contribution in [0, 0.1) is 0 Å². The lowest BCUT2D eigenvalue weighted by Gasteiger charge is -2.11. The van der Waals surface area contributed by atoms with Gasteiger partial charge in [-0.25, -0.2) is 0 Å². The van der Waals surface area contributed by atoms with Gasteiger partial charge in [-0.05, 0) is 36.4 Å². The lowest BCUT2D eigenvalue weighted by Crippen LogP contribution is -2.20. The highest BCUT2D eigenvalue weighted by molar-refractivity contribution is 5.94. The number of rotatable bonds is 5. The number of fused-ring (bicyclic) bond motifs is 1. The topological polar surface area (TPSA) is 74.0 Å². The van der Waals surface area contributed by atoms with Crippen molar-refractivity contribution in [2.75, 3.05) is 11.9 Å². The first kappa shape index (κ1) is 15.9. The molecule has 4 rings (SSSR count). The van der Waals surface area contributed by atoms with Gasteiger partial charge in [0.2, 0.25) is 0 Å². The molecule has 0 bridgehead atoms. The second kappa shape index (κ2) is 6.72. The molecule has 0 saturated carbocycles. The highest BCUT2D eigenvalue weighted by Crippen LogP contribution is 2.22. The molecule has 0 spiro atoms. The zero-order chi connectivity index (χ0) is 17.9. The maximum absolute atomic E-state index is 12.3. The molecule has 0 radical (unpaired) electrons. The third kappa shape index (κ3) is 3.14. The number of nitrogens with zero attached hydrogens (tertiary/aromatic N) is 4. The van der Waals surface area contributed by atoms with Gasteiger partial charge in [0.05, 0.1) is 5.69 Å². The number of ether oxygens (including phenoxy) is 1. The van der Waals surface area contributed by atoms with Crippen molar-refractivity contribution in [1.29, 1.82) is 0 Å². The number of amides is 1. The summed E-state index contributed by atoms with van der Waals surface area (Å²) in [6.07, 6.45) is 5.15. The number of aromatic nitrogens is 4. The van der Waals surface area contributed by atoms with E-state index in [4.69, 9.17) is 4.74 Å². The average Bonchev–Trinajstić information content (AvgIpc) is 3.31. The monoisotopic (exact) mass is 347 g/mol. The summed E-state index contributed by atoms with van der Waals surface area (Å²) in [5, 5.41) is 11.5. The summed E-state index contributed by atoms with van der Waals surface area (Å²) in [5.41, 5.74) is 2.63. The number of nitrogens with one attached hydrogen (secondary N) is 1. The smallest absolute Gasteiger partial charge is 0.262 e. The Bertz CT molecular complexity index is 1050. The van der Waals surface area contributed by atoms with Crippen molar-refractivity contribution in [2.24, 2.45) is 7.05 Å². The van der Waals surface area contributed by atoms with E-state index in [-0.39, 0.29) is 12.5 Å². The third-order valence-electron chi connectivity index (χ3n) is 4.09. The molecule has 130 valence electrons. The minimum Gasteiger partial charge on any atom is -0.482 e. The number of para-hydroxylation sites is 2. The van der Waals surface area contributed by atoms with E-state index < -0.39 is 0 Å². The Morgan fingerprint density at radius 3 is 2.77 bits per heavy atom. The number of aryl methyl sites for hydroxylation is 1. The Balaban J connectivity index is 1.44. The van der Waals surface area contributed by atoms with Gasteiger partial charge in [0.25, 0.3) is 5.91 Å². The van der Waals surface area contributed by atoms with E-state index in [0.29, 0.717) is 5.75 Å². The van der Waals surface area contributed by atoms with Gasteiger partial charge < -0.3 is 14.6 Å². The van der Waals surface area contributed by atoms with Crippen molar-refractivity contribution in [3.8, 4) is 11.4 Å². The number of benzene rings is 2. The van der Waals surface area contributed by atoms with Crippen molar-refractivity contribution >= 4 is 22.5 Å². The fourth-order valence-electron chi connectivity index (χ4n) is 2.82. The summed E-state index contributed by atoms with van der Waals surface area (Å²) in [6, 6.07) is 15.2. The lowest BCUT2D eigenvalue weighted by atomic mass is 10.2. The quantitative estimate of drug-likeness (QED) is 0.602. The van der Waals surface area contributed by atoms with Crippen LogP contribution in [0.3, 0.4) is 0 Å². The van der Waals surface area contributed by atoms with Crippen LogP contribution in [-0.2, 0) is 11.8 Å². The first-order valence-corrected chi connectivity index (χ1v) is 8.12. The van der Waals surface area contributed by atoms with Crippen LogP contribution in [0.1, 0.15) is 0 Å². The van der Waals surface area contributed by atoms with Gasteiger partial charge in [-0.1, -0.05) is 12.1 Å². The maximum atomic E-state index is 12.3. The van der Waals surface area contributed by atoms with E-state index in [1.54, 1.807) is 23.3 Å². The number of hydrogen-bond acceptors (Lipinski definition) is 4. The molecular weight excluding hydrogens is 330 g/mol. The van der Waals surface area contributed by atoms with Gasteiger partial charge in [-0.3, -0.25) is 9.36 Å². The van der Waals surface area contributed by atoms with Crippen molar-refractivity contribution in [2.45, 2.75) is 0 Å². The van der Waals surface area contributed by atoms with E-state index in [2.05, 4.69) is 15.5 Å². The van der Waals surface area contributed by atoms with Gasteiger partial charge in [0, 0.05) is 29.8 Å². The molecule has 0 fully saturated rings. The Morgan fingerprint density at radius 1 is 1.12 bits per heavy atom. The molecule has 1 amide bonds. The van der Waals surface area contributed by atoms with Crippen molar-refractivity contribution in [3.05, 3.63) is 67.4 Å². The van der Waals surface area contributed by atoms with Gasteiger partial charge in [-0.2, -0.15) is 0 Å². The van der Waals surface area contributed by atoms with E-state index >= 15 is 0 Å². The summed E-state index contributed by atoms with van der Waals surface area (Å²) in [4.78, 5) is 12.3. The first-order chi connectivity index (χ1) is 12.7. The molecule has 0 aliphatic rings. The SMILES string of the molecule is Cn1ccc2cc(NC(=O)COc3ccccc3-n3cnnc3)ccc21. The zero-order valence-corrected chi connectivity index (χ0v) is 14.2. The summed E-state index contributed by atoms with van der Waals surface area (Å²) < 4.78 is 9.46. The summed E-state index contributed by atoms with van der Waals surface area (Å²) in [6.45, 7) is -0.0913. The summed E-state index contributed by atoms with van der Waals surface area (Å²) in [7, 11) is 1.99. The molecule has 0 saturated heterocycles. The Kier molecular flexibility index (Phi) is 4.10. The summed E-state index contributed by atoms with van der Waals surface area (Å²) in [5.74, 6) is 0.361. The van der Waals surface area contributed by atoms with Crippen LogP contribution in [0.5, 0.6) is 5.75 Å². The second-order valence-corrected chi connectivity index (χ2v) is 5.87. The normalized spacial score (nSPS) is 10.8. The molecule has 7 heteroatoms. The van der Waals surface area contributed by atoms with Crippen molar-refractivity contribution in [3.63, 3.8) is 0 Å². The van der Waals surface area contributed by atoms with Crippen molar-refractivity contribution < 1.29 is 9.53 Å². The molecule has 0 aliphatic carbocycles. The molecule has 4 aromatic rings. The van der Waals surface area contributed by atoms with Gasteiger partial charge in [-0.15, -0.1) is 10.2 Å². The van der Waals surface area contributed by atoms with Gasteiger partial charge in [0.15, 0.2) is 6.61 Å². The van der Waals surface area contributed by atoms with E-state index in [0.717, 1.165) is 22.3 Å². The van der Waals surface area contributed by atoms with Gasteiger partial charge in [0.1, 0.15) is 18.4 Å². The average molecular weight is 347 g/mol. The molecule has 1 N–H and O–H groups in total. The second-order valence-electron chi connectivity index (χ2n) is 5.87. The number of carbonyl (C=O) groups is 1. The van der Waals surface area contributed by atoms with Crippen LogP contribution < -0.4 is 10.1 Å². The largest absolute Gasteiger partial charge is 0.482 e. The Morgan fingerprint density at radius 2 is 1.92 bits per heavy atom. The van der Waals surface area contributed by atoms with Crippen LogP contribution in [0.15, 0.2) is 67.4 Å². The fourth-order valence-corrected chi connectivity index (χ4v) is 2.82. The molecule has 2 heterocycles. The predicted molar refractivity (Wildman–Crippen MR) is 98.4 cm³/mol. The highest BCUT2D eigenvalue weighted by Gasteiger charge is 2.09. The fraction of sp³-hybridized carbons (Fsp3) is 0.105. The van der Waals surface area contributed by atoms with Crippen LogP contribution in [0.2, 0.25) is 0 Å². The molecule has 0 unspecified atom stereocenters. The van der Waals surface area contributed by atoms with E-state index in [1.165, 1.54) is 0 Å². The maximum Gasteiger partial charge on any atom is 0.262 e. The number of hydrogen-bond donors (Lipinski definition) is 1. The molecule has 0 aliphatic heterocycles. The molecule has 2 aromatic carbocycles.